The molecule has 0 unspecified atom stereocenters. The summed E-state index contributed by atoms with van der Waals surface area (Å²) in [6.07, 6.45) is 0. The topological polar surface area (TPSA) is 106 Å². The van der Waals surface area contributed by atoms with Crippen LogP contribution in [0.2, 0.25) is 0 Å². The third kappa shape index (κ3) is 1.84. The third-order valence-electron chi connectivity index (χ3n) is 0.743. The second-order valence-corrected chi connectivity index (χ2v) is 3.48. The summed E-state index contributed by atoms with van der Waals surface area (Å²) in [6.45, 7) is 3.29. The van der Waals surface area contributed by atoms with Gasteiger partial charge in [0.15, 0.2) is 0 Å². The molecule has 0 rings (SSSR count). The third-order valence-corrected chi connectivity index (χ3v) is 2.23. The summed E-state index contributed by atoms with van der Waals surface area (Å²) in [5.74, 6) is 14.2. The van der Waals surface area contributed by atoms with E-state index in [-0.39, 0.29) is 0 Å². The smallest absolute Gasteiger partial charge is 0.286 e. The van der Waals surface area contributed by atoms with E-state index in [0.717, 1.165) is 0 Å². The highest BCUT2D eigenvalue weighted by Gasteiger charge is 2.37. The zero-order valence-corrected chi connectivity index (χ0v) is 5.74. The van der Waals surface area contributed by atoms with Crippen LogP contribution < -0.4 is 17.7 Å². The fourth-order valence-electron chi connectivity index (χ4n) is 0.228. The van der Waals surface area contributed by atoms with Gasteiger partial charge < -0.3 is 0 Å². The molecular weight excluding hydrogens is 142 g/mol. The minimum Gasteiger partial charge on any atom is -0.286 e. The summed E-state index contributed by atoms with van der Waals surface area (Å²) >= 11 is 0. The highest BCUT2D eigenvalue weighted by molar-refractivity contribution is 6.65. The fourth-order valence-corrected chi connectivity index (χ4v) is 0.683. The van der Waals surface area contributed by atoms with E-state index in [1.54, 1.807) is 0 Å². The van der Waals surface area contributed by atoms with Crippen LogP contribution in [0.3, 0.4) is 0 Å². The van der Waals surface area contributed by atoms with Crippen molar-refractivity contribution in [1.29, 1.82) is 0 Å². The Kier molecular flexibility index (Phi) is 3.57. The summed E-state index contributed by atoms with van der Waals surface area (Å²) in [7, 11) is -3.09. The van der Waals surface area contributed by atoms with E-state index in [9.17, 15) is 0 Å². The van der Waals surface area contributed by atoms with E-state index >= 15 is 0 Å². The Labute approximate surface area is 53.4 Å². The van der Waals surface area contributed by atoms with Gasteiger partial charge in [-0.25, -0.2) is 17.7 Å². The van der Waals surface area contributed by atoms with E-state index in [1.165, 1.54) is 5.70 Å². The standard InChI is InChI=1S/C2H9N3O3Si/c1-2-9(6-3,7-4)8-5/h2H,1,3-5H2. The van der Waals surface area contributed by atoms with Gasteiger partial charge in [0, 0.05) is 0 Å². The Balaban J connectivity index is 3.98. The predicted octanol–water partition coefficient (Wildman–Crippen LogP) is -1.68. The predicted molar refractivity (Wildman–Crippen MR) is 31.8 cm³/mol. The molecule has 0 amide bonds. The van der Waals surface area contributed by atoms with Crippen LogP contribution >= 0.6 is 0 Å². The summed E-state index contributed by atoms with van der Waals surface area (Å²) in [5, 5.41) is 0. The van der Waals surface area contributed by atoms with Crippen molar-refractivity contribution in [2.45, 2.75) is 0 Å². The van der Waals surface area contributed by atoms with Crippen LogP contribution in [0.1, 0.15) is 0 Å². The maximum atomic E-state index is 4.72. The zero-order valence-electron chi connectivity index (χ0n) is 4.74. The Bertz CT molecular complexity index is 86.8. The normalized spacial score (nSPS) is 11.4. The van der Waals surface area contributed by atoms with Crippen LogP contribution in [0, 0.1) is 0 Å². The van der Waals surface area contributed by atoms with Gasteiger partial charge in [0.25, 0.3) is 0 Å². The van der Waals surface area contributed by atoms with Crippen molar-refractivity contribution in [3.63, 3.8) is 0 Å². The molecule has 6 nitrogen and oxygen atoms in total. The Hall–Kier alpha value is -0.283. The lowest BCUT2D eigenvalue weighted by molar-refractivity contribution is 0.0719. The highest BCUT2D eigenvalue weighted by atomic mass is 28.4. The first-order valence-corrected chi connectivity index (χ1v) is 3.82. The van der Waals surface area contributed by atoms with Crippen LogP contribution in [0.5, 0.6) is 0 Å². The van der Waals surface area contributed by atoms with Gasteiger partial charge in [-0.3, -0.25) is 13.6 Å². The Morgan fingerprint density at radius 3 is 1.44 bits per heavy atom. The van der Waals surface area contributed by atoms with Gasteiger partial charge in [-0.2, -0.15) is 0 Å². The Morgan fingerprint density at radius 2 is 1.44 bits per heavy atom. The van der Waals surface area contributed by atoms with Crippen molar-refractivity contribution in [3.05, 3.63) is 12.3 Å². The van der Waals surface area contributed by atoms with Gasteiger partial charge in [0.2, 0.25) is 0 Å². The monoisotopic (exact) mass is 151 g/mol. The number of rotatable bonds is 4. The van der Waals surface area contributed by atoms with Crippen molar-refractivity contribution in [3.8, 4) is 0 Å². The van der Waals surface area contributed by atoms with Crippen molar-refractivity contribution in [1.82, 2.24) is 0 Å². The van der Waals surface area contributed by atoms with Gasteiger partial charge in [0.1, 0.15) is 0 Å². The van der Waals surface area contributed by atoms with Gasteiger partial charge >= 0.3 is 8.80 Å². The molecule has 0 aliphatic heterocycles. The first-order chi connectivity index (χ1) is 4.24. The molecule has 0 spiro atoms. The molecule has 0 fully saturated rings. The summed E-state index contributed by atoms with van der Waals surface area (Å²) in [6, 6.07) is 0. The van der Waals surface area contributed by atoms with Crippen LogP contribution in [0.4, 0.5) is 0 Å². The van der Waals surface area contributed by atoms with Crippen LogP contribution in [0.15, 0.2) is 12.3 Å². The minimum atomic E-state index is -3.09. The van der Waals surface area contributed by atoms with Gasteiger partial charge in [-0.05, 0) is 5.70 Å². The van der Waals surface area contributed by atoms with Gasteiger partial charge in [-0.1, -0.05) is 6.58 Å². The number of hydrogen-bond donors (Lipinski definition) is 3. The maximum Gasteiger partial charge on any atom is 0.579 e. The van der Waals surface area contributed by atoms with Gasteiger partial charge in [0.05, 0.1) is 0 Å². The van der Waals surface area contributed by atoms with Crippen molar-refractivity contribution in [2.75, 3.05) is 0 Å². The van der Waals surface area contributed by atoms with Crippen molar-refractivity contribution in [2.24, 2.45) is 17.7 Å². The highest BCUT2D eigenvalue weighted by Crippen LogP contribution is 2.00. The molecule has 0 radical (unpaired) electrons. The molecule has 0 aliphatic carbocycles. The molecule has 0 bridgehead atoms. The molecule has 0 heterocycles. The molecule has 0 aliphatic rings. The van der Waals surface area contributed by atoms with Crippen molar-refractivity contribution < 1.29 is 13.6 Å². The zero-order chi connectivity index (χ0) is 7.33. The van der Waals surface area contributed by atoms with Gasteiger partial charge in [-0.15, -0.1) is 0 Å². The minimum absolute atomic E-state index is 1.20. The summed E-state index contributed by atoms with van der Waals surface area (Å²) in [4.78, 5) is 0. The SMILES string of the molecule is C=C[Si](ON)(ON)ON. The second-order valence-electron chi connectivity index (χ2n) is 1.16. The van der Waals surface area contributed by atoms with E-state index in [2.05, 4.69) is 20.2 Å². The average Bonchev–Trinajstić information content (AvgIpc) is 1.95. The van der Waals surface area contributed by atoms with E-state index in [0.29, 0.717) is 0 Å². The van der Waals surface area contributed by atoms with Crippen LogP contribution in [0.25, 0.3) is 0 Å². The maximum absolute atomic E-state index is 4.72. The molecule has 0 saturated heterocycles. The van der Waals surface area contributed by atoms with Crippen molar-refractivity contribution >= 4 is 8.80 Å². The first-order valence-electron chi connectivity index (χ1n) is 2.02. The molecule has 9 heavy (non-hydrogen) atoms. The largest absolute Gasteiger partial charge is 0.579 e. The molecular formula is C2H9N3O3Si. The molecule has 54 valence electrons. The van der Waals surface area contributed by atoms with E-state index < -0.39 is 8.80 Å². The lowest BCUT2D eigenvalue weighted by Crippen LogP contribution is -2.50. The number of hydrogen-bond acceptors (Lipinski definition) is 6. The lowest BCUT2D eigenvalue weighted by atomic mass is 11.3. The summed E-state index contributed by atoms with van der Waals surface area (Å²) in [5.41, 5.74) is 1.20. The fraction of sp³-hybridized carbons (Fsp3) is 0. The van der Waals surface area contributed by atoms with E-state index in [4.69, 9.17) is 17.7 Å². The van der Waals surface area contributed by atoms with Crippen LogP contribution in [-0.2, 0) is 13.6 Å². The quantitative estimate of drug-likeness (QED) is 0.327. The second kappa shape index (κ2) is 3.69. The molecule has 0 aromatic carbocycles. The molecule has 0 atom stereocenters. The molecule has 0 aromatic rings. The Morgan fingerprint density at radius 1 is 1.11 bits per heavy atom. The molecule has 0 aromatic heterocycles. The molecule has 6 N–H and O–H groups in total. The van der Waals surface area contributed by atoms with E-state index in [1.807, 2.05) is 0 Å². The average molecular weight is 151 g/mol. The first kappa shape index (κ1) is 8.72. The molecule has 0 saturated carbocycles. The number of nitrogens with two attached hydrogens (primary N) is 3. The summed E-state index contributed by atoms with van der Waals surface area (Å²) < 4.78 is 12.6. The molecule has 7 heteroatoms. The van der Waals surface area contributed by atoms with Crippen LogP contribution in [-0.4, -0.2) is 8.80 Å². The lowest BCUT2D eigenvalue weighted by Gasteiger charge is -2.16.